The second kappa shape index (κ2) is 8.30. The first-order valence-corrected chi connectivity index (χ1v) is 5.93. The average molecular weight is 317 g/mol. The molecule has 0 amide bonds. The molecule has 2 aromatic rings. The van der Waals surface area contributed by atoms with Crippen LogP contribution < -0.4 is 5.59 Å². The summed E-state index contributed by atoms with van der Waals surface area (Å²) in [6.07, 6.45) is 0. The minimum atomic E-state index is 0. The highest BCUT2D eigenvalue weighted by atomic mass is 35.5. The van der Waals surface area contributed by atoms with Gasteiger partial charge in [-0.2, -0.15) is 0 Å². The molecule has 2 rings (SSSR count). The first-order chi connectivity index (χ1) is 8.36. The van der Waals surface area contributed by atoms with Crippen molar-refractivity contribution in [2.75, 3.05) is 0 Å². The van der Waals surface area contributed by atoms with Gasteiger partial charge in [-0.05, 0) is 25.5 Å². The van der Waals surface area contributed by atoms with Crippen molar-refractivity contribution in [1.29, 1.82) is 0 Å². The summed E-state index contributed by atoms with van der Waals surface area (Å²) in [5.41, 5.74) is 0.410. The van der Waals surface area contributed by atoms with E-state index in [2.05, 4.69) is 19.9 Å². The fourth-order valence-corrected chi connectivity index (χ4v) is 1.79. The third-order valence-corrected chi connectivity index (χ3v) is 2.18. The maximum Gasteiger partial charge on any atom is 0.141 e. The molecule has 100 valence electrons. The van der Waals surface area contributed by atoms with Gasteiger partial charge in [0.2, 0.25) is 0 Å². The van der Waals surface area contributed by atoms with Crippen LogP contribution in [0.5, 0.6) is 0 Å². The molecule has 0 saturated heterocycles. The number of halogens is 3. The Morgan fingerprint density at radius 1 is 0.789 bits per heavy atom. The first-order valence-electron chi connectivity index (χ1n) is 4.80. The smallest absolute Gasteiger partial charge is 0.141 e. The molecular formula is C11H12BCl3N4. The third-order valence-electron chi connectivity index (χ3n) is 1.60. The van der Waals surface area contributed by atoms with Crippen molar-refractivity contribution in [2.24, 2.45) is 0 Å². The zero-order chi connectivity index (χ0) is 13.7. The summed E-state index contributed by atoms with van der Waals surface area (Å²) in [7, 11) is 5.32. The van der Waals surface area contributed by atoms with E-state index < -0.39 is 0 Å². The van der Waals surface area contributed by atoms with Crippen LogP contribution in [0.15, 0.2) is 12.1 Å². The molecule has 0 aliphatic heterocycles. The molecule has 0 unspecified atom stereocenters. The predicted molar refractivity (Wildman–Crippen MR) is 80.7 cm³/mol. The number of hydrogen-bond donors (Lipinski definition) is 0. The van der Waals surface area contributed by atoms with Crippen LogP contribution in [-0.2, 0) is 0 Å². The van der Waals surface area contributed by atoms with Gasteiger partial charge in [-0.15, -0.1) is 0 Å². The van der Waals surface area contributed by atoms with E-state index in [1.807, 2.05) is 0 Å². The Kier molecular flexibility index (Phi) is 7.91. The van der Waals surface area contributed by atoms with Crippen molar-refractivity contribution in [3.8, 4) is 0 Å². The Bertz CT molecular complexity index is 401. The Morgan fingerprint density at radius 2 is 1.16 bits per heavy atom. The van der Waals surface area contributed by atoms with Gasteiger partial charge < -0.3 is 0 Å². The number of aromatic nitrogens is 4. The van der Waals surface area contributed by atoms with E-state index in [0.717, 1.165) is 0 Å². The molecule has 0 fully saturated rings. The van der Waals surface area contributed by atoms with Crippen molar-refractivity contribution in [3.63, 3.8) is 0 Å². The van der Waals surface area contributed by atoms with Gasteiger partial charge in [0.25, 0.3) is 0 Å². The SMILES string of the molecule is C.Cc1nc(Cl)cc(Cl)n1.[B]c1cc(Cl)nc(C)n1. The summed E-state index contributed by atoms with van der Waals surface area (Å²) in [4.78, 5) is 15.2. The fourth-order valence-electron chi connectivity index (χ4n) is 1.05. The van der Waals surface area contributed by atoms with Gasteiger partial charge >= 0.3 is 0 Å². The Balaban J connectivity index is 0.000000324. The molecule has 0 spiro atoms. The molecule has 0 aromatic carbocycles. The van der Waals surface area contributed by atoms with Gasteiger partial charge in [0.05, 0.1) is 0 Å². The number of hydrogen-bond acceptors (Lipinski definition) is 4. The summed E-state index contributed by atoms with van der Waals surface area (Å²) in [6, 6.07) is 3.00. The highest BCUT2D eigenvalue weighted by Crippen LogP contribution is 2.10. The summed E-state index contributed by atoms with van der Waals surface area (Å²) in [6.45, 7) is 3.47. The van der Waals surface area contributed by atoms with Crippen LogP contribution in [0.25, 0.3) is 0 Å². The lowest BCUT2D eigenvalue weighted by Crippen LogP contribution is -2.10. The lowest BCUT2D eigenvalue weighted by molar-refractivity contribution is 1.05. The third kappa shape index (κ3) is 7.30. The van der Waals surface area contributed by atoms with Gasteiger partial charge in [-0.25, -0.2) is 19.9 Å². The first kappa shape index (κ1) is 18.1. The molecule has 2 aromatic heterocycles. The molecular weight excluding hydrogens is 305 g/mol. The standard InChI is InChI=1S/C5H4BClN2.C5H4Cl2N2.CH4/c2*1-3-8-4(6)2-5(7)9-3;/h2*2H,1H3;1H4. The van der Waals surface area contributed by atoms with Crippen LogP contribution in [0.2, 0.25) is 15.5 Å². The number of aryl methyl sites for hydroxylation is 2. The molecule has 2 heterocycles. The summed E-state index contributed by atoms with van der Waals surface area (Å²) in [5, 5.41) is 1.15. The Labute approximate surface area is 129 Å². The lowest BCUT2D eigenvalue weighted by Gasteiger charge is -1.94. The van der Waals surface area contributed by atoms with E-state index in [0.29, 0.717) is 32.7 Å². The molecule has 0 bridgehead atoms. The summed E-state index contributed by atoms with van der Waals surface area (Å²) < 4.78 is 0. The highest BCUT2D eigenvalue weighted by molar-refractivity contribution is 6.34. The van der Waals surface area contributed by atoms with Crippen molar-refractivity contribution in [2.45, 2.75) is 21.3 Å². The van der Waals surface area contributed by atoms with E-state index in [4.69, 9.17) is 42.6 Å². The number of nitrogens with zero attached hydrogens (tertiary/aromatic N) is 4. The second-order valence-electron chi connectivity index (χ2n) is 3.22. The van der Waals surface area contributed by atoms with Crippen molar-refractivity contribution < 1.29 is 0 Å². The van der Waals surface area contributed by atoms with Crippen molar-refractivity contribution in [1.82, 2.24) is 19.9 Å². The monoisotopic (exact) mass is 316 g/mol. The zero-order valence-electron chi connectivity index (χ0n) is 9.65. The maximum absolute atomic E-state index is 5.52. The summed E-state index contributed by atoms with van der Waals surface area (Å²) in [5.74, 6) is 1.19. The molecule has 8 heteroatoms. The van der Waals surface area contributed by atoms with Gasteiger partial charge in [-0.3, -0.25) is 0 Å². The normalized spacial score (nSPS) is 9.11. The molecule has 0 aliphatic rings. The minimum absolute atomic E-state index is 0. The lowest BCUT2D eigenvalue weighted by atomic mass is 10.1. The van der Waals surface area contributed by atoms with Gasteiger partial charge in [0, 0.05) is 6.07 Å². The van der Waals surface area contributed by atoms with Gasteiger partial charge in [0.1, 0.15) is 35.0 Å². The van der Waals surface area contributed by atoms with Crippen LogP contribution in [-0.4, -0.2) is 27.8 Å². The zero-order valence-corrected chi connectivity index (χ0v) is 11.9. The van der Waals surface area contributed by atoms with Gasteiger partial charge in [-0.1, -0.05) is 42.2 Å². The molecule has 0 aliphatic carbocycles. The Morgan fingerprint density at radius 3 is 1.47 bits per heavy atom. The van der Waals surface area contributed by atoms with E-state index in [-0.39, 0.29) is 7.43 Å². The van der Waals surface area contributed by atoms with Crippen molar-refractivity contribution in [3.05, 3.63) is 39.2 Å². The molecule has 19 heavy (non-hydrogen) atoms. The van der Waals surface area contributed by atoms with E-state index in [9.17, 15) is 0 Å². The predicted octanol–water partition coefficient (Wildman–Crippen LogP) is 2.96. The quantitative estimate of drug-likeness (QED) is 0.554. The maximum atomic E-state index is 5.52. The molecule has 4 nitrogen and oxygen atoms in total. The van der Waals surface area contributed by atoms with Gasteiger partial charge in [0.15, 0.2) is 0 Å². The second-order valence-corrected chi connectivity index (χ2v) is 4.39. The van der Waals surface area contributed by atoms with E-state index in [1.54, 1.807) is 13.8 Å². The van der Waals surface area contributed by atoms with Crippen LogP contribution >= 0.6 is 34.8 Å². The largest absolute Gasteiger partial charge is 0.250 e. The van der Waals surface area contributed by atoms with Crippen molar-refractivity contribution >= 4 is 48.2 Å². The number of rotatable bonds is 0. The van der Waals surface area contributed by atoms with Crippen LogP contribution in [0.1, 0.15) is 19.1 Å². The molecule has 0 saturated carbocycles. The van der Waals surface area contributed by atoms with Crippen LogP contribution in [0.4, 0.5) is 0 Å². The average Bonchev–Trinajstić information content (AvgIpc) is 2.12. The van der Waals surface area contributed by atoms with E-state index >= 15 is 0 Å². The topological polar surface area (TPSA) is 51.6 Å². The highest BCUT2D eigenvalue weighted by Gasteiger charge is 1.94. The minimum Gasteiger partial charge on any atom is -0.250 e. The van der Waals surface area contributed by atoms with Crippen LogP contribution in [0, 0.1) is 13.8 Å². The molecule has 2 radical (unpaired) electrons. The van der Waals surface area contributed by atoms with E-state index in [1.165, 1.54) is 12.1 Å². The molecule has 0 atom stereocenters. The fraction of sp³-hybridized carbons (Fsp3) is 0.273. The summed E-state index contributed by atoms with van der Waals surface area (Å²) >= 11 is 16.5. The molecule has 0 N–H and O–H groups in total. The Hall–Kier alpha value is -0.905. The van der Waals surface area contributed by atoms with Crippen LogP contribution in [0.3, 0.4) is 0 Å².